The number of hydrogen-bond donors (Lipinski definition) is 1. The van der Waals surface area contributed by atoms with Gasteiger partial charge in [-0.1, -0.05) is 18.9 Å². The van der Waals surface area contributed by atoms with E-state index in [0.29, 0.717) is 6.54 Å². The Balaban J connectivity index is 1.61. The average Bonchev–Trinajstić information content (AvgIpc) is 3.06. The summed E-state index contributed by atoms with van der Waals surface area (Å²) in [7, 11) is 0. The molecule has 1 saturated heterocycles. The van der Waals surface area contributed by atoms with Gasteiger partial charge in [0.1, 0.15) is 0 Å². The highest BCUT2D eigenvalue weighted by Gasteiger charge is 2.42. The highest BCUT2D eigenvalue weighted by atomic mass is 16.2. The van der Waals surface area contributed by atoms with E-state index >= 15 is 0 Å². The lowest BCUT2D eigenvalue weighted by Gasteiger charge is -2.22. The van der Waals surface area contributed by atoms with E-state index in [9.17, 15) is 9.59 Å². The first-order valence-corrected chi connectivity index (χ1v) is 7.24. The standard InChI is InChI=1S/C15H19N3O2/c19-14-8-13(17-10-11-4-3-7-16-9-11)15(20)18(14)12-5-1-2-6-12/h3-4,7,9,12-13,17H,1-2,5-6,8,10H2. The maximum absolute atomic E-state index is 12.4. The zero-order valence-corrected chi connectivity index (χ0v) is 11.4. The van der Waals surface area contributed by atoms with Gasteiger partial charge >= 0.3 is 0 Å². The molecule has 1 aromatic heterocycles. The van der Waals surface area contributed by atoms with Gasteiger partial charge in [-0.15, -0.1) is 0 Å². The van der Waals surface area contributed by atoms with Crippen molar-refractivity contribution < 1.29 is 9.59 Å². The SMILES string of the molecule is O=C1CC(NCc2cccnc2)C(=O)N1C1CCCC1. The van der Waals surface area contributed by atoms with Crippen LogP contribution in [0.2, 0.25) is 0 Å². The number of amides is 2. The van der Waals surface area contributed by atoms with Crippen LogP contribution < -0.4 is 5.32 Å². The number of pyridine rings is 1. The van der Waals surface area contributed by atoms with Crippen molar-refractivity contribution in [2.24, 2.45) is 0 Å². The van der Waals surface area contributed by atoms with Gasteiger partial charge in [0.2, 0.25) is 11.8 Å². The molecule has 3 rings (SSSR count). The first-order valence-electron chi connectivity index (χ1n) is 7.24. The van der Waals surface area contributed by atoms with Gasteiger partial charge in [-0.3, -0.25) is 19.5 Å². The summed E-state index contributed by atoms with van der Waals surface area (Å²) in [6.45, 7) is 0.566. The number of rotatable bonds is 4. The summed E-state index contributed by atoms with van der Waals surface area (Å²) < 4.78 is 0. The molecule has 1 unspecified atom stereocenters. The Morgan fingerprint density at radius 1 is 1.30 bits per heavy atom. The summed E-state index contributed by atoms with van der Waals surface area (Å²) in [4.78, 5) is 29.9. The van der Waals surface area contributed by atoms with Crippen molar-refractivity contribution in [2.45, 2.75) is 50.7 Å². The van der Waals surface area contributed by atoms with Crippen molar-refractivity contribution in [3.05, 3.63) is 30.1 Å². The molecule has 1 atom stereocenters. The second kappa shape index (κ2) is 5.71. The monoisotopic (exact) mass is 273 g/mol. The molecule has 0 spiro atoms. The molecule has 1 N–H and O–H groups in total. The molecule has 1 aliphatic carbocycles. The van der Waals surface area contributed by atoms with Crippen LogP contribution in [0.5, 0.6) is 0 Å². The number of carbonyl (C=O) groups excluding carboxylic acids is 2. The minimum absolute atomic E-state index is 0.0226. The number of nitrogens with zero attached hydrogens (tertiary/aromatic N) is 2. The molecular formula is C15H19N3O2. The van der Waals surface area contributed by atoms with Gasteiger partial charge in [-0.05, 0) is 24.5 Å². The Bertz CT molecular complexity index is 497. The number of imide groups is 1. The summed E-state index contributed by atoms with van der Waals surface area (Å²) in [5, 5.41) is 3.18. The lowest BCUT2D eigenvalue weighted by atomic mass is 10.2. The van der Waals surface area contributed by atoms with Crippen LogP contribution in [0.15, 0.2) is 24.5 Å². The van der Waals surface area contributed by atoms with E-state index in [2.05, 4.69) is 10.3 Å². The molecule has 1 aromatic rings. The van der Waals surface area contributed by atoms with Crippen molar-refractivity contribution >= 4 is 11.8 Å². The van der Waals surface area contributed by atoms with Crippen molar-refractivity contribution in [1.82, 2.24) is 15.2 Å². The van der Waals surface area contributed by atoms with Crippen LogP contribution in [0.3, 0.4) is 0 Å². The van der Waals surface area contributed by atoms with Gasteiger partial charge in [0.05, 0.1) is 12.5 Å². The summed E-state index contributed by atoms with van der Waals surface area (Å²) in [6, 6.07) is 3.59. The third-order valence-electron chi connectivity index (χ3n) is 4.15. The van der Waals surface area contributed by atoms with E-state index in [-0.39, 0.29) is 30.3 Å². The van der Waals surface area contributed by atoms with E-state index in [1.165, 1.54) is 4.90 Å². The Hall–Kier alpha value is -1.75. The predicted molar refractivity (Wildman–Crippen MR) is 73.6 cm³/mol. The average molecular weight is 273 g/mol. The van der Waals surface area contributed by atoms with E-state index in [1.54, 1.807) is 12.4 Å². The minimum atomic E-state index is -0.372. The molecule has 1 saturated carbocycles. The Morgan fingerprint density at radius 2 is 2.10 bits per heavy atom. The van der Waals surface area contributed by atoms with Crippen LogP contribution in [0.25, 0.3) is 0 Å². The summed E-state index contributed by atoms with van der Waals surface area (Å²) >= 11 is 0. The maximum Gasteiger partial charge on any atom is 0.247 e. The van der Waals surface area contributed by atoms with Crippen LogP contribution in [-0.2, 0) is 16.1 Å². The van der Waals surface area contributed by atoms with E-state index in [1.807, 2.05) is 12.1 Å². The first-order chi connectivity index (χ1) is 9.75. The van der Waals surface area contributed by atoms with E-state index in [0.717, 1.165) is 31.2 Å². The molecule has 2 fully saturated rings. The van der Waals surface area contributed by atoms with Crippen molar-refractivity contribution in [2.75, 3.05) is 0 Å². The molecule has 106 valence electrons. The smallest absolute Gasteiger partial charge is 0.247 e. The summed E-state index contributed by atoms with van der Waals surface area (Å²) in [5.41, 5.74) is 1.02. The fourth-order valence-corrected chi connectivity index (χ4v) is 3.10. The molecular weight excluding hydrogens is 254 g/mol. The van der Waals surface area contributed by atoms with Crippen LogP contribution >= 0.6 is 0 Å². The molecule has 0 aromatic carbocycles. The Morgan fingerprint density at radius 3 is 2.80 bits per heavy atom. The molecule has 2 amide bonds. The van der Waals surface area contributed by atoms with Gasteiger partial charge in [0, 0.05) is 25.0 Å². The molecule has 2 aliphatic rings. The Kier molecular flexibility index (Phi) is 3.78. The fourth-order valence-electron chi connectivity index (χ4n) is 3.10. The lowest BCUT2D eigenvalue weighted by molar-refractivity contribution is -0.141. The normalized spacial score (nSPS) is 23.8. The van der Waals surface area contributed by atoms with Crippen molar-refractivity contribution in [3.63, 3.8) is 0 Å². The van der Waals surface area contributed by atoms with Gasteiger partial charge in [-0.2, -0.15) is 0 Å². The number of likely N-dealkylation sites (tertiary alicyclic amines) is 1. The van der Waals surface area contributed by atoms with Gasteiger partial charge in [0.15, 0.2) is 0 Å². The van der Waals surface area contributed by atoms with Crippen molar-refractivity contribution in [3.8, 4) is 0 Å². The van der Waals surface area contributed by atoms with Gasteiger partial charge < -0.3 is 5.32 Å². The zero-order valence-electron chi connectivity index (χ0n) is 11.4. The summed E-state index contributed by atoms with van der Waals surface area (Å²) in [6.07, 6.45) is 7.94. The van der Waals surface area contributed by atoms with Crippen molar-refractivity contribution in [1.29, 1.82) is 0 Å². The quantitative estimate of drug-likeness (QED) is 0.838. The number of hydrogen-bond acceptors (Lipinski definition) is 4. The number of nitrogens with one attached hydrogen (secondary N) is 1. The molecule has 1 aliphatic heterocycles. The molecule has 2 heterocycles. The van der Waals surface area contributed by atoms with Crippen LogP contribution in [0.1, 0.15) is 37.7 Å². The molecule has 0 radical (unpaired) electrons. The third-order valence-corrected chi connectivity index (χ3v) is 4.15. The number of aromatic nitrogens is 1. The number of carbonyl (C=O) groups is 2. The second-order valence-corrected chi connectivity index (χ2v) is 5.54. The van der Waals surface area contributed by atoms with Crippen LogP contribution in [0, 0.1) is 0 Å². The van der Waals surface area contributed by atoms with E-state index < -0.39 is 0 Å². The van der Waals surface area contributed by atoms with Crippen LogP contribution in [0.4, 0.5) is 0 Å². The maximum atomic E-state index is 12.4. The topological polar surface area (TPSA) is 62.3 Å². The highest BCUT2D eigenvalue weighted by molar-refractivity contribution is 6.05. The highest BCUT2D eigenvalue weighted by Crippen LogP contribution is 2.28. The fraction of sp³-hybridized carbons (Fsp3) is 0.533. The van der Waals surface area contributed by atoms with Crippen LogP contribution in [-0.4, -0.2) is 33.8 Å². The zero-order chi connectivity index (χ0) is 13.9. The Labute approximate surface area is 118 Å². The molecule has 20 heavy (non-hydrogen) atoms. The van der Waals surface area contributed by atoms with Gasteiger partial charge in [0.25, 0.3) is 0 Å². The molecule has 5 heteroatoms. The van der Waals surface area contributed by atoms with E-state index in [4.69, 9.17) is 0 Å². The van der Waals surface area contributed by atoms with Gasteiger partial charge in [-0.25, -0.2) is 0 Å². The third kappa shape index (κ3) is 2.58. The predicted octanol–water partition coefficient (Wildman–Crippen LogP) is 1.24. The summed E-state index contributed by atoms with van der Waals surface area (Å²) in [5.74, 6) is -0.0728. The largest absolute Gasteiger partial charge is 0.301 e. The first kappa shape index (κ1) is 13.2. The minimum Gasteiger partial charge on any atom is -0.301 e. The second-order valence-electron chi connectivity index (χ2n) is 5.54. The lowest BCUT2D eigenvalue weighted by Crippen LogP contribution is -2.42. The molecule has 0 bridgehead atoms. The molecule has 5 nitrogen and oxygen atoms in total.